The lowest BCUT2D eigenvalue weighted by Gasteiger charge is -2.51. The number of phenolic OH excluding ortho intramolecular Hbond substituents is 1. The predicted molar refractivity (Wildman–Crippen MR) is 173 cm³/mol. The number of phenols is 1. The number of halogens is 3. The Balaban J connectivity index is 1.27. The van der Waals surface area contributed by atoms with E-state index in [4.69, 9.17) is 27.9 Å². The third kappa shape index (κ3) is 4.26. The van der Waals surface area contributed by atoms with Gasteiger partial charge in [0.05, 0.1) is 34.4 Å². The van der Waals surface area contributed by atoms with E-state index in [1.807, 2.05) is 0 Å². The minimum atomic E-state index is -2.15. The molecule has 2 aliphatic carbocycles. The molecule has 2 saturated heterocycles. The van der Waals surface area contributed by atoms with E-state index in [0.29, 0.717) is 22.5 Å². The lowest BCUT2D eigenvalue weighted by atomic mass is 9.56. The van der Waals surface area contributed by atoms with Gasteiger partial charge in [0.15, 0.2) is 9.75 Å². The Kier molecular flexibility index (Phi) is 6.83. The molecule has 3 aromatic rings. The smallest absolute Gasteiger partial charge is 0.271 e. The van der Waals surface area contributed by atoms with Gasteiger partial charge in [-0.3, -0.25) is 29.3 Å². The van der Waals surface area contributed by atoms with Crippen molar-refractivity contribution in [3.8, 4) is 11.5 Å². The summed E-state index contributed by atoms with van der Waals surface area (Å²) >= 11 is 14.8. The zero-order valence-corrected chi connectivity index (χ0v) is 26.7. The van der Waals surface area contributed by atoms with Crippen LogP contribution in [0, 0.1) is 39.6 Å². The average molecular weight is 704 g/mol. The molecule has 6 atom stereocenters. The number of hydrogen-bond donors (Lipinski definition) is 1. The van der Waals surface area contributed by atoms with Crippen molar-refractivity contribution >= 4 is 63.9 Å². The number of carbonyl (C=O) groups is 4. The van der Waals surface area contributed by atoms with Crippen LogP contribution in [-0.2, 0) is 25.6 Å². The average Bonchev–Trinajstić information content (AvgIpc) is 3.42. The number of benzene rings is 3. The molecule has 1 saturated carbocycles. The van der Waals surface area contributed by atoms with E-state index in [1.54, 1.807) is 12.1 Å². The molecule has 3 aliphatic heterocycles. The molecule has 4 amide bonds. The lowest BCUT2D eigenvalue weighted by molar-refractivity contribution is -0.384. The molecule has 3 aromatic carbocycles. The first-order valence-corrected chi connectivity index (χ1v) is 16.1. The van der Waals surface area contributed by atoms with Crippen LogP contribution in [0.2, 0.25) is 0 Å². The van der Waals surface area contributed by atoms with Gasteiger partial charge in [-0.2, -0.15) is 0 Å². The molecule has 0 radical (unpaired) electrons. The second-order valence-corrected chi connectivity index (χ2v) is 14.1. The number of hydrogen-bond acceptors (Lipinski definition) is 8. The second kappa shape index (κ2) is 10.7. The van der Waals surface area contributed by atoms with E-state index < -0.39 is 67.8 Å². The van der Waals surface area contributed by atoms with Crippen LogP contribution in [0.5, 0.6) is 11.5 Å². The highest BCUT2D eigenvalue weighted by atomic mass is 35.5. The molecule has 14 heteroatoms. The Morgan fingerprint density at radius 1 is 0.918 bits per heavy atom. The number of non-ortho nitro benzene ring substituents is 1. The molecule has 0 bridgehead atoms. The summed E-state index contributed by atoms with van der Waals surface area (Å²) in [5.74, 6) is -6.93. The Morgan fingerprint density at radius 3 is 2.41 bits per heavy atom. The Labute approximate surface area is 287 Å². The summed E-state index contributed by atoms with van der Waals surface area (Å²) in [6.07, 6.45) is 3.11. The minimum absolute atomic E-state index is 0.0250. The first-order chi connectivity index (χ1) is 23.3. The summed E-state index contributed by atoms with van der Waals surface area (Å²) < 4.78 is 19.8. The number of nitrogens with zero attached hydrogens (tertiary/aromatic N) is 3. The fourth-order valence-electron chi connectivity index (χ4n) is 8.21. The summed E-state index contributed by atoms with van der Waals surface area (Å²) in [5, 5.41) is 21.7. The van der Waals surface area contributed by atoms with Crippen LogP contribution >= 0.6 is 23.2 Å². The third-order valence-electron chi connectivity index (χ3n) is 10.3. The summed E-state index contributed by atoms with van der Waals surface area (Å²) in [5.41, 5.74) is 1.33. The van der Waals surface area contributed by atoms with Gasteiger partial charge < -0.3 is 9.84 Å². The molecule has 0 aromatic heterocycles. The molecule has 49 heavy (non-hydrogen) atoms. The first kappa shape index (κ1) is 31.2. The van der Waals surface area contributed by atoms with Crippen molar-refractivity contribution in [3.05, 3.63) is 112 Å². The summed E-state index contributed by atoms with van der Waals surface area (Å²) in [6.45, 7) is 0. The van der Waals surface area contributed by atoms with Gasteiger partial charge in [0.1, 0.15) is 17.3 Å². The predicted octanol–water partition coefficient (Wildman–Crippen LogP) is 5.56. The maximum atomic E-state index is 14.5. The van der Waals surface area contributed by atoms with Crippen LogP contribution in [0.25, 0.3) is 0 Å². The molecule has 11 nitrogen and oxygen atoms in total. The van der Waals surface area contributed by atoms with Crippen LogP contribution < -0.4 is 14.5 Å². The number of ether oxygens (including phenoxy) is 1. The fraction of sp³-hybridized carbons (Fsp3) is 0.257. The number of carbonyl (C=O) groups excluding carboxylic acids is 4. The van der Waals surface area contributed by atoms with Crippen molar-refractivity contribution in [2.75, 3.05) is 9.80 Å². The topological polar surface area (TPSA) is 147 Å². The van der Waals surface area contributed by atoms with Gasteiger partial charge in [-0.05, 0) is 72.9 Å². The van der Waals surface area contributed by atoms with E-state index in [1.165, 1.54) is 48.7 Å². The van der Waals surface area contributed by atoms with Crippen molar-refractivity contribution in [1.29, 1.82) is 0 Å². The van der Waals surface area contributed by atoms with E-state index >= 15 is 0 Å². The maximum Gasteiger partial charge on any atom is 0.271 e. The Hall–Kier alpha value is -5.07. The van der Waals surface area contributed by atoms with E-state index in [0.717, 1.165) is 28.0 Å². The molecule has 3 heterocycles. The zero-order chi connectivity index (χ0) is 34.6. The summed E-state index contributed by atoms with van der Waals surface area (Å²) in [6, 6.07) is 14.5. The lowest BCUT2D eigenvalue weighted by Crippen LogP contribution is -2.61. The van der Waals surface area contributed by atoms with Gasteiger partial charge in [0.2, 0.25) is 11.8 Å². The largest absolute Gasteiger partial charge is 0.508 e. The molecule has 3 fully saturated rings. The Morgan fingerprint density at radius 2 is 1.67 bits per heavy atom. The number of aromatic hydroxyl groups is 1. The van der Waals surface area contributed by atoms with E-state index in [-0.39, 0.29) is 42.1 Å². The van der Waals surface area contributed by atoms with Gasteiger partial charge in [-0.25, -0.2) is 14.2 Å². The molecular formula is C35H24Cl2FN3O8. The molecular weight excluding hydrogens is 680 g/mol. The summed E-state index contributed by atoms with van der Waals surface area (Å²) in [4.78, 5) is 65.4. The first-order valence-electron chi connectivity index (χ1n) is 15.4. The number of rotatable bonds is 4. The van der Waals surface area contributed by atoms with Gasteiger partial charge in [0, 0.05) is 30.0 Å². The quantitative estimate of drug-likeness (QED) is 0.122. The number of amides is 4. The van der Waals surface area contributed by atoms with Crippen LogP contribution in [0.4, 0.5) is 21.5 Å². The van der Waals surface area contributed by atoms with Crippen molar-refractivity contribution < 1.29 is 38.3 Å². The van der Waals surface area contributed by atoms with Crippen molar-refractivity contribution in [2.45, 2.75) is 29.0 Å². The Bertz CT molecular complexity index is 2100. The normalized spacial score (nSPS) is 30.2. The highest BCUT2D eigenvalue weighted by molar-refractivity contribution is 6.58. The van der Waals surface area contributed by atoms with Crippen LogP contribution in [0.15, 0.2) is 90.2 Å². The monoisotopic (exact) mass is 703 g/mol. The SMILES string of the molecule is O=C1[C@H]2[C@H](CC=C3[C@H](C4=COc5ccc(O)cc5C4)[C@]4(Cl)C(=O)N(c5ccc(F)cc5)C(=O)[C@]4(Cl)C[C@H]32)C(=O)N1c1cccc([N+](=O)[O-])c1. The van der Waals surface area contributed by atoms with Gasteiger partial charge in [-0.15, -0.1) is 23.2 Å². The standard InChI is InChI=1S/C35H24Cl2FN3O8/c36-34-15-26-24(9-10-25-28(26)31(44)39(30(25)43)21-2-1-3-22(14-21)41(47)48)29(18-12-17-13-23(42)8-11-27(17)49-16-18)35(34,37)33(46)40(32(34)45)20-6-4-19(38)5-7-20/h1-9,11,13-14,16,25-26,28-29,42H,10,12,15H2/t25-,26+,28-,29-,34+,35-/m0/s1. The summed E-state index contributed by atoms with van der Waals surface area (Å²) in [7, 11) is 0. The number of fused-ring (bicyclic) bond motifs is 5. The molecule has 8 rings (SSSR count). The number of alkyl halides is 2. The minimum Gasteiger partial charge on any atom is -0.508 e. The molecule has 0 unspecified atom stereocenters. The van der Waals surface area contributed by atoms with Crippen molar-refractivity contribution in [2.24, 2.45) is 23.7 Å². The fourth-order valence-corrected chi connectivity index (χ4v) is 9.16. The highest BCUT2D eigenvalue weighted by Gasteiger charge is 2.77. The highest BCUT2D eigenvalue weighted by Crippen LogP contribution is 2.65. The van der Waals surface area contributed by atoms with Crippen LogP contribution in [0.3, 0.4) is 0 Å². The zero-order valence-electron chi connectivity index (χ0n) is 25.2. The van der Waals surface area contributed by atoms with Crippen molar-refractivity contribution in [1.82, 2.24) is 0 Å². The van der Waals surface area contributed by atoms with Gasteiger partial charge >= 0.3 is 0 Å². The van der Waals surface area contributed by atoms with Gasteiger partial charge in [-0.1, -0.05) is 17.7 Å². The number of nitro groups is 1. The van der Waals surface area contributed by atoms with Crippen molar-refractivity contribution in [3.63, 3.8) is 0 Å². The van der Waals surface area contributed by atoms with E-state index in [9.17, 15) is 38.8 Å². The molecule has 5 aliphatic rings. The third-order valence-corrected chi connectivity index (χ3v) is 11.8. The van der Waals surface area contributed by atoms with Crippen LogP contribution in [-0.4, -0.2) is 43.4 Å². The maximum absolute atomic E-state index is 14.5. The molecule has 248 valence electrons. The molecule has 0 spiro atoms. The number of allylic oxidation sites excluding steroid dienone is 3. The van der Waals surface area contributed by atoms with E-state index in [2.05, 4.69) is 0 Å². The number of nitro benzene ring substituents is 1. The molecule has 1 N–H and O–H groups in total. The van der Waals surface area contributed by atoms with Gasteiger partial charge in [0.25, 0.3) is 17.5 Å². The van der Waals surface area contributed by atoms with Crippen LogP contribution in [0.1, 0.15) is 18.4 Å². The number of anilines is 2. The number of imide groups is 2. The second-order valence-electron chi connectivity index (χ2n) is 12.8.